The molecule has 128 valence electrons. The summed E-state index contributed by atoms with van der Waals surface area (Å²) in [5.74, 6) is 0.0776. The van der Waals surface area contributed by atoms with Crippen molar-refractivity contribution in [1.29, 1.82) is 0 Å². The predicted octanol–water partition coefficient (Wildman–Crippen LogP) is 0.0674. The first kappa shape index (κ1) is 16.7. The lowest BCUT2D eigenvalue weighted by Crippen LogP contribution is -3.15. The van der Waals surface area contributed by atoms with Crippen LogP contribution >= 0.6 is 11.3 Å². The largest absolute Gasteiger partial charge is 0.327 e. The van der Waals surface area contributed by atoms with Crippen LogP contribution in [0.3, 0.4) is 0 Å². The molecule has 8 heteroatoms. The van der Waals surface area contributed by atoms with E-state index in [1.54, 1.807) is 0 Å². The molecule has 0 bridgehead atoms. The SMILES string of the molecule is Cc1n[nH]c(C)c1NC(=O)C[NH+]1CCN(C(=O)c2cccs2)CC1. The van der Waals surface area contributed by atoms with Crippen molar-refractivity contribution in [3.05, 3.63) is 33.8 Å². The van der Waals surface area contributed by atoms with E-state index in [0.717, 1.165) is 35.0 Å². The highest BCUT2D eigenvalue weighted by Crippen LogP contribution is 2.15. The Bertz CT molecular complexity index is 697. The number of aromatic amines is 1. The molecule has 1 aliphatic rings. The molecule has 1 fully saturated rings. The molecule has 2 aromatic rings. The lowest BCUT2D eigenvalue weighted by Gasteiger charge is -2.31. The Balaban J connectivity index is 1.48. The first-order chi connectivity index (χ1) is 11.5. The second-order valence-corrected chi connectivity index (χ2v) is 7.00. The number of rotatable bonds is 4. The van der Waals surface area contributed by atoms with Crippen molar-refractivity contribution in [3.8, 4) is 0 Å². The normalized spacial score (nSPS) is 15.5. The summed E-state index contributed by atoms with van der Waals surface area (Å²) >= 11 is 1.47. The number of carbonyl (C=O) groups excluding carboxylic acids is 2. The molecule has 3 heterocycles. The number of hydrogen-bond donors (Lipinski definition) is 3. The molecule has 2 aromatic heterocycles. The van der Waals surface area contributed by atoms with Crippen LogP contribution in [0.5, 0.6) is 0 Å². The fourth-order valence-corrected chi connectivity index (χ4v) is 3.60. The van der Waals surface area contributed by atoms with Gasteiger partial charge in [0.25, 0.3) is 11.8 Å². The monoisotopic (exact) mass is 348 g/mol. The van der Waals surface area contributed by atoms with Crippen LogP contribution in [0.15, 0.2) is 17.5 Å². The molecule has 0 spiro atoms. The van der Waals surface area contributed by atoms with Gasteiger partial charge in [0, 0.05) is 0 Å². The van der Waals surface area contributed by atoms with Gasteiger partial charge in [0.05, 0.1) is 48.1 Å². The third-order valence-corrected chi connectivity index (χ3v) is 5.15. The Morgan fingerprint density at radius 2 is 2.12 bits per heavy atom. The number of quaternary nitrogens is 1. The zero-order chi connectivity index (χ0) is 17.1. The van der Waals surface area contributed by atoms with Gasteiger partial charge in [-0.25, -0.2) is 0 Å². The van der Waals surface area contributed by atoms with E-state index < -0.39 is 0 Å². The minimum absolute atomic E-state index is 0.0179. The van der Waals surface area contributed by atoms with Gasteiger partial charge < -0.3 is 15.1 Å². The number of aryl methyl sites for hydroxylation is 2. The van der Waals surface area contributed by atoms with Gasteiger partial charge in [0.15, 0.2) is 6.54 Å². The molecule has 7 nitrogen and oxygen atoms in total. The average Bonchev–Trinajstić information content (AvgIpc) is 3.21. The summed E-state index contributed by atoms with van der Waals surface area (Å²) in [5, 5.41) is 11.8. The number of H-pyrrole nitrogens is 1. The highest BCUT2D eigenvalue weighted by Gasteiger charge is 2.26. The molecule has 1 saturated heterocycles. The molecule has 3 N–H and O–H groups in total. The number of nitrogens with one attached hydrogen (secondary N) is 3. The average molecular weight is 348 g/mol. The standard InChI is InChI=1S/C16H21N5O2S/c1-11-15(12(2)19-18-11)17-14(22)10-20-5-7-21(8-6-20)16(23)13-4-3-9-24-13/h3-4,9H,5-8,10H2,1-2H3,(H,17,22)(H,18,19)/p+1. The van der Waals surface area contributed by atoms with Gasteiger partial charge in [-0.2, -0.15) is 5.10 Å². The van der Waals surface area contributed by atoms with Gasteiger partial charge in [-0.3, -0.25) is 14.7 Å². The Morgan fingerprint density at radius 1 is 1.38 bits per heavy atom. The zero-order valence-electron chi connectivity index (χ0n) is 13.9. The molecule has 0 aliphatic carbocycles. The third kappa shape index (κ3) is 3.65. The van der Waals surface area contributed by atoms with E-state index in [-0.39, 0.29) is 11.8 Å². The fraction of sp³-hybridized carbons (Fsp3) is 0.438. The van der Waals surface area contributed by atoms with Crippen molar-refractivity contribution in [2.45, 2.75) is 13.8 Å². The lowest BCUT2D eigenvalue weighted by molar-refractivity contribution is -0.895. The van der Waals surface area contributed by atoms with Gasteiger partial charge in [-0.1, -0.05) is 6.07 Å². The maximum absolute atomic E-state index is 12.3. The molecule has 1 aliphatic heterocycles. The fourth-order valence-electron chi connectivity index (χ4n) is 2.90. The number of piperazine rings is 1. The Kier molecular flexibility index (Phi) is 4.96. The number of nitrogens with zero attached hydrogens (tertiary/aromatic N) is 2. The first-order valence-corrected chi connectivity index (χ1v) is 8.90. The summed E-state index contributed by atoms with van der Waals surface area (Å²) in [6, 6.07) is 3.75. The second kappa shape index (κ2) is 7.14. The van der Waals surface area contributed by atoms with Crippen molar-refractivity contribution in [1.82, 2.24) is 15.1 Å². The molecular formula is C16H22N5O2S+. The summed E-state index contributed by atoms with van der Waals surface area (Å²) < 4.78 is 0. The quantitative estimate of drug-likeness (QED) is 0.731. The number of carbonyl (C=O) groups is 2. The van der Waals surface area contributed by atoms with Gasteiger partial charge in [-0.15, -0.1) is 11.3 Å². The van der Waals surface area contributed by atoms with E-state index in [1.807, 2.05) is 36.3 Å². The number of hydrogen-bond acceptors (Lipinski definition) is 4. The van der Waals surface area contributed by atoms with Crippen molar-refractivity contribution in [2.75, 3.05) is 38.0 Å². The number of anilines is 1. The van der Waals surface area contributed by atoms with Gasteiger partial charge in [0.1, 0.15) is 0 Å². The molecule has 3 rings (SSSR count). The van der Waals surface area contributed by atoms with Crippen LogP contribution in [0.1, 0.15) is 21.1 Å². The van der Waals surface area contributed by atoms with E-state index in [1.165, 1.54) is 16.2 Å². The summed E-state index contributed by atoms with van der Waals surface area (Å²) in [7, 11) is 0. The van der Waals surface area contributed by atoms with Crippen LogP contribution in [0.25, 0.3) is 0 Å². The van der Waals surface area contributed by atoms with Crippen molar-refractivity contribution in [3.63, 3.8) is 0 Å². The summed E-state index contributed by atoms with van der Waals surface area (Å²) in [6.45, 7) is 7.09. The molecule has 0 aromatic carbocycles. The molecular weight excluding hydrogens is 326 g/mol. The van der Waals surface area contributed by atoms with Crippen LogP contribution in [0.4, 0.5) is 5.69 Å². The van der Waals surface area contributed by atoms with E-state index in [4.69, 9.17) is 0 Å². The summed E-state index contributed by atoms with van der Waals surface area (Å²) in [4.78, 5) is 28.4. The van der Waals surface area contributed by atoms with Gasteiger partial charge >= 0.3 is 0 Å². The second-order valence-electron chi connectivity index (χ2n) is 6.05. The summed E-state index contributed by atoms with van der Waals surface area (Å²) in [5.41, 5.74) is 2.43. The first-order valence-electron chi connectivity index (χ1n) is 8.02. The molecule has 0 saturated carbocycles. The van der Waals surface area contributed by atoms with Gasteiger partial charge in [-0.05, 0) is 25.3 Å². The van der Waals surface area contributed by atoms with E-state index >= 15 is 0 Å². The zero-order valence-corrected chi connectivity index (χ0v) is 14.7. The van der Waals surface area contributed by atoms with E-state index in [0.29, 0.717) is 19.6 Å². The Labute approximate surface area is 144 Å². The molecule has 24 heavy (non-hydrogen) atoms. The van der Waals surface area contributed by atoms with Crippen LogP contribution in [-0.4, -0.2) is 59.6 Å². The molecule has 0 unspecified atom stereocenters. The van der Waals surface area contributed by atoms with Crippen LogP contribution < -0.4 is 10.2 Å². The van der Waals surface area contributed by atoms with Crippen molar-refractivity contribution in [2.24, 2.45) is 0 Å². The topological polar surface area (TPSA) is 82.5 Å². The Hall–Kier alpha value is -2.19. The van der Waals surface area contributed by atoms with E-state index in [9.17, 15) is 9.59 Å². The van der Waals surface area contributed by atoms with Crippen molar-refractivity contribution >= 4 is 28.8 Å². The van der Waals surface area contributed by atoms with Gasteiger partial charge in [0.2, 0.25) is 0 Å². The maximum Gasteiger partial charge on any atom is 0.279 e. The van der Waals surface area contributed by atoms with Crippen LogP contribution in [0.2, 0.25) is 0 Å². The van der Waals surface area contributed by atoms with Crippen LogP contribution in [-0.2, 0) is 4.79 Å². The molecule has 0 radical (unpaired) electrons. The summed E-state index contributed by atoms with van der Waals surface area (Å²) in [6.07, 6.45) is 0. The number of aromatic nitrogens is 2. The predicted molar refractivity (Wildman–Crippen MR) is 92.5 cm³/mol. The highest BCUT2D eigenvalue weighted by molar-refractivity contribution is 7.12. The third-order valence-electron chi connectivity index (χ3n) is 4.29. The number of amides is 2. The minimum atomic E-state index is -0.0179. The van der Waals surface area contributed by atoms with Crippen LogP contribution in [0, 0.1) is 13.8 Å². The minimum Gasteiger partial charge on any atom is -0.327 e. The Morgan fingerprint density at radius 3 is 2.71 bits per heavy atom. The van der Waals surface area contributed by atoms with Crippen molar-refractivity contribution < 1.29 is 14.5 Å². The maximum atomic E-state index is 12.3. The van der Waals surface area contributed by atoms with E-state index in [2.05, 4.69) is 15.5 Å². The highest BCUT2D eigenvalue weighted by atomic mass is 32.1. The number of thiophene rings is 1. The molecule has 2 amide bonds. The lowest BCUT2D eigenvalue weighted by atomic mass is 10.2. The smallest absolute Gasteiger partial charge is 0.279 e. The molecule has 0 atom stereocenters.